The Labute approximate surface area is 137 Å². The number of aromatic nitrogens is 2. The summed E-state index contributed by atoms with van der Waals surface area (Å²) in [4.78, 5) is 4.72. The normalized spacial score (nSPS) is 11.8. The Bertz CT molecular complexity index is 1010. The molecule has 0 unspecified atom stereocenters. The molecule has 0 amide bonds. The van der Waals surface area contributed by atoms with Gasteiger partial charge in [-0.25, -0.2) is 13.4 Å². The molecule has 3 rings (SSSR count). The largest absolute Gasteiger partial charge is 0.355 e. The van der Waals surface area contributed by atoms with Gasteiger partial charge in [0.2, 0.25) is 0 Å². The second kappa shape index (κ2) is 5.38. The number of rotatable bonds is 3. The van der Waals surface area contributed by atoms with E-state index in [1.165, 1.54) is 6.26 Å². The second-order valence-electron chi connectivity index (χ2n) is 5.89. The van der Waals surface area contributed by atoms with Crippen molar-refractivity contribution in [3.05, 3.63) is 47.8 Å². The fraction of sp³-hybridized carbons (Fsp3) is 0.235. The van der Waals surface area contributed by atoms with Gasteiger partial charge in [-0.3, -0.25) is 0 Å². The van der Waals surface area contributed by atoms with Gasteiger partial charge in [-0.15, -0.1) is 0 Å². The molecular weight excluding hydrogens is 310 g/mol. The minimum atomic E-state index is -3.19. The summed E-state index contributed by atoms with van der Waals surface area (Å²) in [5.41, 5.74) is 5.86. The van der Waals surface area contributed by atoms with Crippen molar-refractivity contribution in [2.24, 2.45) is 7.05 Å². The molecule has 0 saturated carbocycles. The van der Waals surface area contributed by atoms with Crippen molar-refractivity contribution in [1.82, 2.24) is 9.55 Å². The summed E-state index contributed by atoms with van der Waals surface area (Å²) in [6.45, 7) is 3.92. The average Bonchev–Trinajstić information content (AvgIpc) is 2.82. The van der Waals surface area contributed by atoms with Crippen LogP contribution in [0, 0.1) is 13.8 Å². The lowest BCUT2D eigenvalue weighted by atomic mass is 10.1. The van der Waals surface area contributed by atoms with E-state index < -0.39 is 9.84 Å². The van der Waals surface area contributed by atoms with Gasteiger partial charge in [0.25, 0.3) is 0 Å². The van der Waals surface area contributed by atoms with Gasteiger partial charge in [0.05, 0.1) is 22.3 Å². The molecule has 2 aromatic carbocycles. The highest BCUT2D eigenvalue weighted by molar-refractivity contribution is 7.90. The molecule has 0 radical (unpaired) electrons. The maximum absolute atomic E-state index is 11.6. The Morgan fingerprint density at radius 3 is 2.52 bits per heavy atom. The van der Waals surface area contributed by atoms with Gasteiger partial charge < -0.3 is 9.88 Å². The van der Waals surface area contributed by atoms with E-state index in [2.05, 4.69) is 10.3 Å². The van der Waals surface area contributed by atoms with Gasteiger partial charge in [-0.1, -0.05) is 0 Å². The van der Waals surface area contributed by atoms with Gasteiger partial charge in [0.15, 0.2) is 9.84 Å². The van der Waals surface area contributed by atoms with Crippen molar-refractivity contribution in [1.29, 1.82) is 0 Å². The standard InChI is InChI=1S/C17H19N3O2S.H2/c1-11-8-14(23(4,21)22)5-6-15(11)19-13-7-12(2)17-16(9-13)20(3)10-18-17;/h5-10,19H,1-4H3;1H. The molecule has 0 saturated heterocycles. The highest BCUT2D eigenvalue weighted by atomic mass is 32.2. The van der Waals surface area contributed by atoms with Crippen LogP contribution >= 0.6 is 0 Å². The lowest BCUT2D eigenvalue weighted by Gasteiger charge is -2.12. The molecule has 3 aromatic rings. The van der Waals surface area contributed by atoms with Crippen LogP contribution in [0.5, 0.6) is 0 Å². The van der Waals surface area contributed by atoms with Gasteiger partial charge in [-0.05, 0) is 55.3 Å². The Morgan fingerprint density at radius 2 is 1.87 bits per heavy atom. The van der Waals surface area contributed by atoms with Gasteiger partial charge in [-0.2, -0.15) is 0 Å². The molecule has 6 heteroatoms. The number of nitrogens with zero attached hydrogens (tertiary/aromatic N) is 2. The average molecular weight is 331 g/mol. The molecule has 0 aliphatic heterocycles. The van der Waals surface area contributed by atoms with E-state index in [9.17, 15) is 8.42 Å². The molecule has 1 heterocycles. The summed E-state index contributed by atoms with van der Waals surface area (Å²) in [5.74, 6) is 0. The first-order valence-corrected chi connectivity index (χ1v) is 9.14. The fourth-order valence-corrected chi connectivity index (χ4v) is 3.35. The second-order valence-corrected chi connectivity index (χ2v) is 7.91. The van der Waals surface area contributed by atoms with Crippen LogP contribution in [0.15, 0.2) is 41.6 Å². The zero-order valence-electron chi connectivity index (χ0n) is 13.6. The monoisotopic (exact) mass is 331 g/mol. The van der Waals surface area contributed by atoms with E-state index in [0.29, 0.717) is 4.90 Å². The van der Waals surface area contributed by atoms with Gasteiger partial charge in [0, 0.05) is 26.1 Å². The third-order valence-electron chi connectivity index (χ3n) is 3.93. The molecule has 0 bridgehead atoms. The number of hydrogen-bond acceptors (Lipinski definition) is 4. The summed E-state index contributed by atoms with van der Waals surface area (Å²) in [6.07, 6.45) is 3.02. The molecule has 0 fully saturated rings. The zero-order chi connectivity index (χ0) is 16.8. The first kappa shape index (κ1) is 15.6. The van der Waals surface area contributed by atoms with Crippen LogP contribution in [-0.4, -0.2) is 24.2 Å². The molecule has 1 N–H and O–H groups in total. The van der Waals surface area contributed by atoms with Crippen LogP contribution in [0.4, 0.5) is 11.4 Å². The molecule has 23 heavy (non-hydrogen) atoms. The Morgan fingerprint density at radius 1 is 1.13 bits per heavy atom. The highest BCUT2D eigenvalue weighted by Gasteiger charge is 2.10. The summed E-state index contributed by atoms with van der Waals surface area (Å²) in [5, 5.41) is 3.36. The van der Waals surface area contributed by atoms with E-state index in [-0.39, 0.29) is 1.43 Å². The lowest BCUT2D eigenvalue weighted by molar-refractivity contribution is 0.602. The molecule has 0 atom stereocenters. The molecule has 122 valence electrons. The Hall–Kier alpha value is -2.34. The quantitative estimate of drug-likeness (QED) is 0.797. The molecular formula is C17H21N3O2S. The van der Waals surface area contributed by atoms with Crippen LogP contribution in [0.25, 0.3) is 11.0 Å². The number of fused-ring (bicyclic) bond motifs is 1. The number of sulfone groups is 1. The topological polar surface area (TPSA) is 64.0 Å². The smallest absolute Gasteiger partial charge is 0.175 e. The SMILES string of the molecule is Cc1cc(S(C)(=O)=O)ccc1Nc1cc(C)c2ncn(C)c2c1.[HH]. The Kier molecular flexibility index (Phi) is 3.64. The van der Waals surface area contributed by atoms with E-state index in [1.807, 2.05) is 37.6 Å². The first-order valence-electron chi connectivity index (χ1n) is 7.25. The molecule has 5 nitrogen and oxygen atoms in total. The van der Waals surface area contributed by atoms with Crippen LogP contribution in [-0.2, 0) is 16.9 Å². The summed E-state index contributed by atoms with van der Waals surface area (Å²) >= 11 is 0. The van der Waals surface area contributed by atoms with Gasteiger partial charge >= 0.3 is 0 Å². The van der Waals surface area contributed by atoms with Crippen LogP contribution < -0.4 is 5.32 Å². The number of benzene rings is 2. The van der Waals surface area contributed by atoms with Crippen molar-refractivity contribution < 1.29 is 9.84 Å². The third kappa shape index (κ3) is 2.94. The summed E-state index contributed by atoms with van der Waals surface area (Å²) < 4.78 is 25.2. The summed E-state index contributed by atoms with van der Waals surface area (Å²) in [6, 6.07) is 9.19. The van der Waals surface area contributed by atoms with Crippen molar-refractivity contribution in [3.8, 4) is 0 Å². The molecule has 1 aromatic heterocycles. The van der Waals surface area contributed by atoms with E-state index in [0.717, 1.165) is 33.5 Å². The minimum Gasteiger partial charge on any atom is -0.355 e. The van der Waals surface area contributed by atoms with Crippen molar-refractivity contribution in [2.75, 3.05) is 11.6 Å². The molecule has 0 spiro atoms. The molecule has 0 aliphatic carbocycles. The third-order valence-corrected chi connectivity index (χ3v) is 5.04. The van der Waals surface area contributed by atoms with Crippen LogP contribution in [0.2, 0.25) is 0 Å². The van der Waals surface area contributed by atoms with Crippen molar-refractivity contribution in [2.45, 2.75) is 18.7 Å². The minimum absolute atomic E-state index is 0. The van der Waals surface area contributed by atoms with Crippen LogP contribution in [0.1, 0.15) is 12.6 Å². The lowest BCUT2D eigenvalue weighted by Crippen LogP contribution is -2.00. The maximum Gasteiger partial charge on any atom is 0.175 e. The number of imidazole rings is 1. The first-order chi connectivity index (χ1) is 10.8. The zero-order valence-corrected chi connectivity index (χ0v) is 14.4. The highest BCUT2D eigenvalue weighted by Crippen LogP contribution is 2.27. The van der Waals surface area contributed by atoms with Gasteiger partial charge in [0.1, 0.15) is 0 Å². The number of aryl methyl sites for hydroxylation is 3. The number of hydrogen-bond donors (Lipinski definition) is 1. The predicted molar refractivity (Wildman–Crippen MR) is 95.1 cm³/mol. The van der Waals surface area contributed by atoms with Crippen molar-refractivity contribution in [3.63, 3.8) is 0 Å². The van der Waals surface area contributed by atoms with Crippen LogP contribution in [0.3, 0.4) is 0 Å². The molecule has 0 aliphatic rings. The summed E-state index contributed by atoms with van der Waals surface area (Å²) in [7, 11) is -1.22. The Balaban J connectivity index is 0.00000208. The van der Waals surface area contributed by atoms with Crippen molar-refractivity contribution >= 4 is 32.2 Å². The number of anilines is 2. The predicted octanol–water partition coefficient (Wildman–Crippen LogP) is 3.58. The number of nitrogens with one attached hydrogen (secondary N) is 1. The maximum atomic E-state index is 11.6. The van der Waals surface area contributed by atoms with E-state index >= 15 is 0 Å². The van der Waals surface area contributed by atoms with E-state index in [4.69, 9.17) is 0 Å². The fourth-order valence-electron chi connectivity index (χ4n) is 2.64. The van der Waals surface area contributed by atoms with E-state index in [1.54, 1.807) is 24.5 Å².